The van der Waals surface area contributed by atoms with Crippen LogP contribution in [0.15, 0.2) is 12.1 Å². The summed E-state index contributed by atoms with van der Waals surface area (Å²) in [5.41, 5.74) is 6.06. The first-order valence-electron chi connectivity index (χ1n) is 5.91. The molecule has 0 aliphatic carbocycles. The minimum absolute atomic E-state index is 0. The molecular formula is C13H18ClNO. The van der Waals surface area contributed by atoms with Crippen LogP contribution in [0.5, 0.6) is 0 Å². The van der Waals surface area contributed by atoms with Crippen molar-refractivity contribution in [3.63, 3.8) is 0 Å². The van der Waals surface area contributed by atoms with Crippen molar-refractivity contribution < 1.29 is 22.5 Å². The molecule has 0 radical (unpaired) electrons. The van der Waals surface area contributed by atoms with Crippen LogP contribution >= 0.6 is 0 Å². The van der Waals surface area contributed by atoms with Gasteiger partial charge in [-0.05, 0) is 35.6 Å². The van der Waals surface area contributed by atoms with Crippen LogP contribution in [0.25, 0.3) is 0 Å². The van der Waals surface area contributed by atoms with Gasteiger partial charge in [0.2, 0.25) is 0 Å². The third-order valence-electron chi connectivity index (χ3n) is 3.67. The predicted molar refractivity (Wildman–Crippen MR) is 58.9 cm³/mol. The Bertz CT molecular complexity index is 392. The largest absolute Gasteiger partial charge is 1.00 e. The molecule has 0 amide bonds. The van der Waals surface area contributed by atoms with Crippen LogP contribution in [0.1, 0.15) is 28.4 Å². The summed E-state index contributed by atoms with van der Waals surface area (Å²) >= 11 is 0. The topological polar surface area (TPSA) is 25.8 Å². The Labute approximate surface area is 103 Å². The van der Waals surface area contributed by atoms with E-state index in [1.165, 1.54) is 29.7 Å². The highest BCUT2D eigenvalue weighted by Crippen LogP contribution is 2.32. The number of aryl methyl sites for hydroxylation is 1. The van der Waals surface area contributed by atoms with Crippen LogP contribution in [0.4, 0.5) is 0 Å². The average Bonchev–Trinajstić information content (AvgIpc) is 2.48. The summed E-state index contributed by atoms with van der Waals surface area (Å²) < 4.78 is 5.89. The Balaban J connectivity index is 0.000000963. The lowest BCUT2D eigenvalue weighted by atomic mass is 9.89. The van der Waals surface area contributed by atoms with Crippen LogP contribution in [-0.2, 0) is 17.6 Å². The number of benzene rings is 1. The lowest BCUT2D eigenvalue weighted by Crippen LogP contribution is -3.00. The van der Waals surface area contributed by atoms with Crippen molar-refractivity contribution >= 4 is 0 Å². The molecule has 0 spiro atoms. The highest BCUT2D eigenvalue weighted by Gasteiger charge is 2.28. The van der Waals surface area contributed by atoms with Gasteiger partial charge in [-0.1, -0.05) is 12.1 Å². The minimum Gasteiger partial charge on any atom is -1.00 e. The molecule has 0 saturated carbocycles. The van der Waals surface area contributed by atoms with Crippen molar-refractivity contribution in [1.82, 2.24) is 0 Å². The Morgan fingerprint density at radius 2 is 2.19 bits per heavy atom. The van der Waals surface area contributed by atoms with E-state index in [0.717, 1.165) is 19.6 Å². The van der Waals surface area contributed by atoms with Crippen LogP contribution in [0.2, 0.25) is 0 Å². The fraction of sp³-hybridized carbons (Fsp3) is 0.538. The monoisotopic (exact) mass is 239 g/mol. The van der Waals surface area contributed by atoms with Gasteiger partial charge in [0.1, 0.15) is 12.6 Å². The fourth-order valence-corrected chi connectivity index (χ4v) is 2.87. The van der Waals surface area contributed by atoms with Crippen molar-refractivity contribution in [1.29, 1.82) is 0 Å². The first-order valence-corrected chi connectivity index (χ1v) is 5.91. The molecule has 2 aliphatic heterocycles. The molecule has 0 aromatic heterocycles. The second-order valence-corrected chi connectivity index (χ2v) is 4.61. The molecule has 3 rings (SSSR count). The maximum atomic E-state index is 5.89. The molecule has 16 heavy (non-hydrogen) atoms. The van der Waals surface area contributed by atoms with Gasteiger partial charge in [-0.2, -0.15) is 0 Å². The predicted octanol–water partition coefficient (Wildman–Crippen LogP) is -2.27. The van der Waals surface area contributed by atoms with Crippen LogP contribution in [0.3, 0.4) is 0 Å². The molecule has 2 N–H and O–H groups in total. The number of hydrogen-bond acceptors (Lipinski definition) is 1. The Hall–Kier alpha value is -0.570. The van der Waals surface area contributed by atoms with E-state index in [9.17, 15) is 0 Å². The van der Waals surface area contributed by atoms with Gasteiger partial charge in [-0.25, -0.2) is 0 Å². The van der Waals surface area contributed by atoms with E-state index in [4.69, 9.17) is 4.74 Å². The van der Waals surface area contributed by atoms with Crippen LogP contribution in [-0.4, -0.2) is 19.7 Å². The van der Waals surface area contributed by atoms with Crippen LogP contribution in [0, 0.1) is 6.92 Å². The van der Waals surface area contributed by atoms with Gasteiger partial charge >= 0.3 is 0 Å². The molecule has 2 aliphatic rings. The maximum Gasteiger partial charge on any atom is 0.132 e. The van der Waals surface area contributed by atoms with Crippen LogP contribution < -0.4 is 17.7 Å². The van der Waals surface area contributed by atoms with E-state index < -0.39 is 0 Å². The van der Waals surface area contributed by atoms with E-state index in [1.807, 2.05) is 0 Å². The number of nitrogens with two attached hydrogens (primary N) is 1. The molecule has 1 unspecified atom stereocenters. The SMILES string of the molecule is Cc1ccc2c3c1CC[NH2+]CC3OCC2.[Cl-]. The number of halogens is 1. The number of ether oxygens (including phenoxy) is 1. The summed E-state index contributed by atoms with van der Waals surface area (Å²) in [7, 11) is 0. The molecule has 0 fully saturated rings. The molecule has 0 bridgehead atoms. The first-order chi connectivity index (χ1) is 7.36. The Morgan fingerprint density at radius 3 is 3.06 bits per heavy atom. The molecule has 1 aromatic carbocycles. The summed E-state index contributed by atoms with van der Waals surface area (Å²) in [6, 6.07) is 4.58. The van der Waals surface area contributed by atoms with Crippen molar-refractivity contribution in [2.45, 2.75) is 25.9 Å². The molecule has 2 heterocycles. The highest BCUT2D eigenvalue weighted by molar-refractivity contribution is 5.43. The van der Waals surface area contributed by atoms with Gasteiger partial charge in [0.25, 0.3) is 0 Å². The zero-order valence-corrected chi connectivity index (χ0v) is 10.4. The minimum atomic E-state index is 0. The molecule has 1 atom stereocenters. The summed E-state index contributed by atoms with van der Waals surface area (Å²) in [6.45, 7) is 5.43. The third-order valence-corrected chi connectivity index (χ3v) is 3.67. The van der Waals surface area contributed by atoms with E-state index >= 15 is 0 Å². The highest BCUT2D eigenvalue weighted by atomic mass is 35.5. The number of quaternary nitrogens is 1. The number of rotatable bonds is 0. The molecular weight excluding hydrogens is 222 g/mol. The zero-order valence-electron chi connectivity index (χ0n) is 9.63. The fourth-order valence-electron chi connectivity index (χ4n) is 2.87. The van der Waals surface area contributed by atoms with Gasteiger partial charge in [0.05, 0.1) is 13.2 Å². The van der Waals surface area contributed by atoms with E-state index in [2.05, 4.69) is 24.4 Å². The molecule has 2 nitrogen and oxygen atoms in total. The lowest BCUT2D eigenvalue weighted by molar-refractivity contribution is -0.660. The molecule has 1 aromatic rings. The van der Waals surface area contributed by atoms with Crippen molar-refractivity contribution in [3.8, 4) is 0 Å². The van der Waals surface area contributed by atoms with E-state index in [-0.39, 0.29) is 12.4 Å². The third kappa shape index (κ3) is 1.86. The molecule has 88 valence electrons. The van der Waals surface area contributed by atoms with E-state index in [1.54, 1.807) is 5.56 Å². The van der Waals surface area contributed by atoms with Gasteiger partial charge in [0, 0.05) is 6.42 Å². The van der Waals surface area contributed by atoms with E-state index in [0.29, 0.717) is 6.10 Å². The van der Waals surface area contributed by atoms with Gasteiger partial charge in [-0.15, -0.1) is 0 Å². The normalized spacial score (nSPS) is 22.9. The molecule has 0 saturated heterocycles. The zero-order chi connectivity index (χ0) is 10.3. The van der Waals surface area contributed by atoms with Crippen molar-refractivity contribution in [3.05, 3.63) is 34.4 Å². The van der Waals surface area contributed by atoms with Gasteiger partial charge in [-0.3, -0.25) is 0 Å². The summed E-state index contributed by atoms with van der Waals surface area (Å²) in [4.78, 5) is 0. The van der Waals surface area contributed by atoms with Crippen molar-refractivity contribution in [2.75, 3.05) is 19.7 Å². The van der Waals surface area contributed by atoms with Gasteiger partial charge in [0.15, 0.2) is 0 Å². The lowest BCUT2D eigenvalue weighted by Gasteiger charge is -2.26. The standard InChI is InChI=1S/C13H17NO.ClH/c1-9-2-3-10-5-7-15-12-8-14-6-4-11(9)13(10)12;/h2-3,12,14H,4-8H2,1H3;1H. The first kappa shape index (κ1) is 11.9. The summed E-state index contributed by atoms with van der Waals surface area (Å²) in [5, 5.41) is 2.39. The second-order valence-electron chi connectivity index (χ2n) is 4.61. The summed E-state index contributed by atoms with van der Waals surface area (Å²) in [5.74, 6) is 0. The number of hydrogen-bond donors (Lipinski definition) is 1. The maximum absolute atomic E-state index is 5.89. The smallest absolute Gasteiger partial charge is 0.132 e. The van der Waals surface area contributed by atoms with Gasteiger partial charge < -0.3 is 22.5 Å². The Kier molecular flexibility index (Phi) is 3.53. The summed E-state index contributed by atoms with van der Waals surface area (Å²) in [6.07, 6.45) is 2.65. The quantitative estimate of drug-likeness (QED) is 0.543. The Morgan fingerprint density at radius 1 is 1.31 bits per heavy atom. The molecule has 3 heteroatoms. The van der Waals surface area contributed by atoms with Crippen molar-refractivity contribution in [2.24, 2.45) is 0 Å². The second kappa shape index (κ2) is 4.74. The average molecular weight is 240 g/mol.